The van der Waals surface area contributed by atoms with Crippen molar-refractivity contribution >= 4 is 28.8 Å². The fourth-order valence-corrected chi connectivity index (χ4v) is 3.08. The molecule has 9 heteroatoms. The number of nitrogens with zero attached hydrogens (tertiary/aromatic N) is 2. The van der Waals surface area contributed by atoms with Crippen molar-refractivity contribution in [2.24, 2.45) is 0 Å². The van der Waals surface area contributed by atoms with Crippen molar-refractivity contribution in [1.82, 2.24) is 9.78 Å². The van der Waals surface area contributed by atoms with Gasteiger partial charge in [-0.2, -0.15) is 5.10 Å². The van der Waals surface area contributed by atoms with Crippen LogP contribution in [-0.2, 0) is 33.3 Å². The summed E-state index contributed by atoms with van der Waals surface area (Å²) in [6, 6.07) is 7.44. The highest BCUT2D eigenvalue weighted by Crippen LogP contribution is 2.35. The predicted octanol–water partition coefficient (Wildman–Crippen LogP) is 1.36. The summed E-state index contributed by atoms with van der Waals surface area (Å²) in [6.07, 6.45) is -1.90. The zero-order chi connectivity index (χ0) is 19.6. The Labute approximate surface area is 155 Å². The highest BCUT2D eigenvalue weighted by molar-refractivity contribution is 5.78. The Morgan fingerprint density at radius 1 is 1.04 bits per heavy atom. The van der Waals surface area contributed by atoms with Gasteiger partial charge in [-0.25, -0.2) is 4.68 Å². The fourth-order valence-electron chi connectivity index (χ4n) is 3.08. The van der Waals surface area contributed by atoms with Crippen molar-refractivity contribution in [2.75, 3.05) is 6.61 Å². The van der Waals surface area contributed by atoms with Crippen LogP contribution in [0.1, 0.15) is 27.0 Å². The minimum absolute atomic E-state index is 0.152. The number of para-hydroxylation sites is 1. The molecule has 0 N–H and O–H groups in total. The summed E-state index contributed by atoms with van der Waals surface area (Å²) in [5.74, 6) is -1.63. The van der Waals surface area contributed by atoms with Crippen molar-refractivity contribution in [1.29, 1.82) is 0 Å². The molecular weight excluding hydrogens is 356 g/mol. The van der Waals surface area contributed by atoms with Gasteiger partial charge in [0.2, 0.25) is 0 Å². The quantitative estimate of drug-likeness (QED) is 0.569. The third kappa shape index (κ3) is 4.08. The van der Waals surface area contributed by atoms with Crippen LogP contribution in [0.2, 0.25) is 0 Å². The summed E-state index contributed by atoms with van der Waals surface area (Å²) < 4.78 is 23.3. The molecule has 1 aromatic heterocycles. The van der Waals surface area contributed by atoms with Crippen LogP contribution in [0.4, 0.5) is 0 Å². The van der Waals surface area contributed by atoms with E-state index < -0.39 is 42.4 Å². The maximum Gasteiger partial charge on any atom is 0.303 e. The van der Waals surface area contributed by atoms with E-state index in [0.717, 1.165) is 10.9 Å². The molecule has 1 saturated heterocycles. The molecule has 27 heavy (non-hydrogen) atoms. The number of carbonyl (C=O) groups excluding carboxylic acids is 3. The van der Waals surface area contributed by atoms with Crippen LogP contribution in [0, 0.1) is 0 Å². The minimum Gasteiger partial charge on any atom is -0.463 e. The molecular formula is C18H20N2O7. The Kier molecular flexibility index (Phi) is 5.41. The Morgan fingerprint density at radius 2 is 1.70 bits per heavy atom. The van der Waals surface area contributed by atoms with Crippen LogP contribution >= 0.6 is 0 Å². The van der Waals surface area contributed by atoms with Crippen LogP contribution in [0.5, 0.6) is 0 Å². The standard InChI is InChI=1S/C18H20N2O7/c1-10(21)24-9-15-16(25-11(2)22)17(26-12(3)23)18(27-15)20-14-7-5-4-6-13(14)8-19-20/h4-8,15-18H,9H2,1-3H3/t15-,16-,17-,18-/m1/s1. The fraction of sp³-hybridized carbons (Fsp3) is 0.444. The van der Waals surface area contributed by atoms with Gasteiger partial charge in [-0.3, -0.25) is 14.4 Å². The van der Waals surface area contributed by atoms with E-state index in [0.29, 0.717) is 0 Å². The molecule has 1 fully saturated rings. The zero-order valence-electron chi connectivity index (χ0n) is 15.2. The molecule has 0 radical (unpaired) electrons. The van der Waals surface area contributed by atoms with Crippen molar-refractivity contribution < 1.29 is 33.3 Å². The molecule has 2 aromatic rings. The van der Waals surface area contributed by atoms with E-state index in [-0.39, 0.29) is 6.61 Å². The number of benzene rings is 1. The Bertz CT molecular complexity index is 862. The van der Waals surface area contributed by atoms with Gasteiger partial charge in [0.25, 0.3) is 0 Å². The second kappa shape index (κ2) is 7.75. The second-order valence-electron chi connectivity index (χ2n) is 6.16. The molecule has 1 aliphatic rings. The predicted molar refractivity (Wildman–Crippen MR) is 91.4 cm³/mol. The third-order valence-electron chi connectivity index (χ3n) is 4.09. The minimum atomic E-state index is -0.949. The van der Waals surface area contributed by atoms with Gasteiger partial charge in [-0.1, -0.05) is 18.2 Å². The number of fused-ring (bicyclic) bond motifs is 1. The summed E-state index contributed by atoms with van der Waals surface area (Å²) in [4.78, 5) is 34.4. The largest absolute Gasteiger partial charge is 0.463 e. The Morgan fingerprint density at radius 3 is 2.37 bits per heavy atom. The first-order valence-corrected chi connectivity index (χ1v) is 8.42. The van der Waals surface area contributed by atoms with Gasteiger partial charge < -0.3 is 18.9 Å². The monoisotopic (exact) mass is 376 g/mol. The smallest absolute Gasteiger partial charge is 0.303 e. The van der Waals surface area contributed by atoms with Crippen LogP contribution in [-0.4, -0.2) is 52.6 Å². The first-order chi connectivity index (χ1) is 12.9. The van der Waals surface area contributed by atoms with Crippen molar-refractivity contribution in [2.45, 2.75) is 45.3 Å². The van der Waals surface area contributed by atoms with Gasteiger partial charge in [0.1, 0.15) is 12.7 Å². The molecule has 2 heterocycles. The second-order valence-corrected chi connectivity index (χ2v) is 6.16. The van der Waals surface area contributed by atoms with Gasteiger partial charge >= 0.3 is 17.9 Å². The number of rotatable bonds is 5. The lowest BCUT2D eigenvalue weighted by Gasteiger charge is -2.23. The molecule has 0 bridgehead atoms. The number of hydrogen-bond donors (Lipinski definition) is 0. The molecule has 1 aliphatic heterocycles. The topological polar surface area (TPSA) is 106 Å². The van der Waals surface area contributed by atoms with E-state index in [4.69, 9.17) is 18.9 Å². The van der Waals surface area contributed by atoms with Crippen LogP contribution in [0.15, 0.2) is 30.5 Å². The average Bonchev–Trinajstić information content (AvgIpc) is 3.15. The molecule has 0 saturated carbocycles. The molecule has 0 amide bonds. The first kappa shape index (κ1) is 18.8. The molecule has 4 atom stereocenters. The van der Waals surface area contributed by atoms with E-state index in [9.17, 15) is 14.4 Å². The lowest BCUT2D eigenvalue weighted by molar-refractivity contribution is -0.166. The van der Waals surface area contributed by atoms with Gasteiger partial charge in [0, 0.05) is 26.2 Å². The van der Waals surface area contributed by atoms with Crippen LogP contribution in [0.3, 0.4) is 0 Å². The molecule has 144 valence electrons. The maximum atomic E-state index is 11.6. The molecule has 0 spiro atoms. The number of ether oxygens (including phenoxy) is 4. The van der Waals surface area contributed by atoms with E-state index >= 15 is 0 Å². The normalized spacial score (nSPS) is 24.6. The number of esters is 3. The molecule has 1 aromatic carbocycles. The first-order valence-electron chi connectivity index (χ1n) is 8.42. The van der Waals surface area contributed by atoms with E-state index in [1.807, 2.05) is 24.3 Å². The number of hydrogen-bond acceptors (Lipinski definition) is 8. The lowest BCUT2D eigenvalue weighted by Crippen LogP contribution is -2.40. The molecule has 3 rings (SSSR count). The number of aromatic nitrogens is 2. The summed E-state index contributed by atoms with van der Waals surface area (Å²) in [5, 5.41) is 5.20. The Balaban J connectivity index is 1.98. The van der Waals surface area contributed by atoms with Crippen molar-refractivity contribution in [3.05, 3.63) is 30.5 Å². The molecule has 0 aliphatic carbocycles. The highest BCUT2D eigenvalue weighted by Gasteiger charge is 2.51. The summed E-state index contributed by atoms with van der Waals surface area (Å²) in [7, 11) is 0. The Hall–Kier alpha value is -2.94. The highest BCUT2D eigenvalue weighted by atomic mass is 16.7. The van der Waals surface area contributed by atoms with Gasteiger partial charge in [-0.05, 0) is 6.07 Å². The third-order valence-corrected chi connectivity index (χ3v) is 4.09. The van der Waals surface area contributed by atoms with E-state index in [1.54, 1.807) is 10.9 Å². The van der Waals surface area contributed by atoms with E-state index in [1.165, 1.54) is 20.8 Å². The zero-order valence-corrected chi connectivity index (χ0v) is 15.2. The lowest BCUT2D eigenvalue weighted by atomic mass is 10.1. The molecule has 0 unspecified atom stereocenters. The van der Waals surface area contributed by atoms with Gasteiger partial charge in [-0.15, -0.1) is 0 Å². The maximum absolute atomic E-state index is 11.6. The van der Waals surface area contributed by atoms with Gasteiger partial charge in [0.05, 0.1) is 11.7 Å². The average molecular weight is 376 g/mol. The van der Waals surface area contributed by atoms with Crippen molar-refractivity contribution in [3.8, 4) is 0 Å². The van der Waals surface area contributed by atoms with Crippen molar-refractivity contribution in [3.63, 3.8) is 0 Å². The number of carbonyl (C=O) groups is 3. The van der Waals surface area contributed by atoms with E-state index in [2.05, 4.69) is 5.10 Å². The van der Waals surface area contributed by atoms with Gasteiger partial charge in [0.15, 0.2) is 18.4 Å². The molecule has 9 nitrogen and oxygen atoms in total. The summed E-state index contributed by atoms with van der Waals surface area (Å²) in [6.45, 7) is 3.60. The summed E-state index contributed by atoms with van der Waals surface area (Å²) >= 11 is 0. The van der Waals surface area contributed by atoms with Crippen LogP contribution in [0.25, 0.3) is 10.9 Å². The summed E-state index contributed by atoms with van der Waals surface area (Å²) in [5.41, 5.74) is 0.759. The van der Waals surface area contributed by atoms with Crippen LogP contribution < -0.4 is 0 Å². The SMILES string of the molecule is CC(=O)OC[C@H]1O[C@@H](n2ncc3ccccc32)[C@H](OC(C)=O)[C@@H]1OC(C)=O.